The lowest BCUT2D eigenvalue weighted by atomic mass is 10.0. The predicted molar refractivity (Wildman–Crippen MR) is 82.8 cm³/mol. The average molecular weight is 305 g/mol. The van der Waals surface area contributed by atoms with Crippen LogP contribution in [0.1, 0.15) is 5.56 Å². The van der Waals surface area contributed by atoms with Crippen LogP contribution in [0.2, 0.25) is 5.02 Å². The molecule has 0 fully saturated rings. The second kappa shape index (κ2) is 4.97. The zero-order valence-electron chi connectivity index (χ0n) is 11.8. The van der Waals surface area contributed by atoms with Crippen molar-refractivity contribution in [2.75, 3.05) is 14.2 Å². The molecule has 1 heterocycles. The summed E-state index contributed by atoms with van der Waals surface area (Å²) in [6.45, 7) is 1.92. The van der Waals surface area contributed by atoms with Crippen LogP contribution in [0.25, 0.3) is 21.7 Å². The molecular formula is C16H13ClO4. The molecule has 4 nitrogen and oxygen atoms in total. The van der Waals surface area contributed by atoms with Gasteiger partial charge in [0, 0.05) is 10.8 Å². The Morgan fingerprint density at radius 1 is 1.10 bits per heavy atom. The molecule has 0 saturated carbocycles. The van der Waals surface area contributed by atoms with Crippen LogP contribution in [0.15, 0.2) is 33.5 Å². The number of benzene rings is 2. The van der Waals surface area contributed by atoms with Gasteiger partial charge in [0.25, 0.3) is 0 Å². The number of rotatable bonds is 2. The normalized spacial score (nSPS) is 11.0. The third-order valence-corrected chi connectivity index (χ3v) is 3.87. The molecule has 0 spiro atoms. The summed E-state index contributed by atoms with van der Waals surface area (Å²) < 4.78 is 15.8. The molecule has 0 amide bonds. The maximum atomic E-state index is 12.2. The molecule has 0 aliphatic heterocycles. The van der Waals surface area contributed by atoms with Crippen LogP contribution >= 0.6 is 11.6 Å². The van der Waals surface area contributed by atoms with E-state index in [9.17, 15) is 4.79 Å². The number of halogens is 1. The van der Waals surface area contributed by atoms with Crippen LogP contribution in [-0.2, 0) is 0 Å². The SMILES string of the molecule is COc1ccc2c(c1)c(=O)oc1c(Cl)c(OC)cc(C)c12. The molecule has 0 bridgehead atoms. The van der Waals surface area contributed by atoms with Crippen molar-refractivity contribution in [2.45, 2.75) is 6.92 Å². The first kappa shape index (κ1) is 13.8. The maximum Gasteiger partial charge on any atom is 0.344 e. The monoisotopic (exact) mass is 304 g/mol. The number of methoxy groups -OCH3 is 2. The second-order valence-corrected chi connectivity index (χ2v) is 5.09. The van der Waals surface area contributed by atoms with Crippen molar-refractivity contribution in [3.8, 4) is 11.5 Å². The van der Waals surface area contributed by atoms with Gasteiger partial charge in [-0.25, -0.2) is 4.79 Å². The highest BCUT2D eigenvalue weighted by molar-refractivity contribution is 6.37. The lowest BCUT2D eigenvalue weighted by molar-refractivity contribution is 0.413. The molecular weight excluding hydrogens is 292 g/mol. The van der Waals surface area contributed by atoms with E-state index < -0.39 is 5.63 Å². The summed E-state index contributed by atoms with van der Waals surface area (Å²) in [5, 5.41) is 2.35. The van der Waals surface area contributed by atoms with Crippen LogP contribution < -0.4 is 15.1 Å². The van der Waals surface area contributed by atoms with E-state index in [2.05, 4.69) is 0 Å². The fourth-order valence-corrected chi connectivity index (χ4v) is 2.76. The van der Waals surface area contributed by atoms with Crippen LogP contribution in [0, 0.1) is 6.92 Å². The average Bonchev–Trinajstić information content (AvgIpc) is 2.50. The van der Waals surface area contributed by atoms with Crippen molar-refractivity contribution in [2.24, 2.45) is 0 Å². The largest absolute Gasteiger partial charge is 0.497 e. The highest BCUT2D eigenvalue weighted by Crippen LogP contribution is 2.38. The van der Waals surface area contributed by atoms with Gasteiger partial charge < -0.3 is 13.9 Å². The Morgan fingerprint density at radius 3 is 2.52 bits per heavy atom. The summed E-state index contributed by atoms with van der Waals surface area (Å²) >= 11 is 6.26. The van der Waals surface area contributed by atoms with Gasteiger partial charge in [0.2, 0.25) is 0 Å². The first-order chi connectivity index (χ1) is 10.1. The van der Waals surface area contributed by atoms with E-state index in [1.54, 1.807) is 19.2 Å². The number of hydrogen-bond donors (Lipinski definition) is 0. The molecule has 0 saturated heterocycles. The molecule has 0 N–H and O–H groups in total. The number of aryl methyl sites for hydroxylation is 1. The van der Waals surface area contributed by atoms with E-state index in [0.717, 1.165) is 16.3 Å². The summed E-state index contributed by atoms with van der Waals surface area (Å²) in [4.78, 5) is 12.2. The van der Waals surface area contributed by atoms with Crippen LogP contribution in [0.4, 0.5) is 0 Å². The van der Waals surface area contributed by atoms with E-state index in [1.807, 2.05) is 19.1 Å². The highest BCUT2D eigenvalue weighted by Gasteiger charge is 2.16. The molecule has 0 unspecified atom stereocenters. The van der Waals surface area contributed by atoms with Gasteiger partial charge in [-0.15, -0.1) is 0 Å². The summed E-state index contributed by atoms with van der Waals surface area (Å²) in [5.41, 5.74) is 0.812. The van der Waals surface area contributed by atoms with Crippen LogP contribution in [0.3, 0.4) is 0 Å². The van der Waals surface area contributed by atoms with Crippen molar-refractivity contribution < 1.29 is 13.9 Å². The van der Waals surface area contributed by atoms with Gasteiger partial charge in [0.1, 0.15) is 16.5 Å². The molecule has 3 rings (SSSR count). The summed E-state index contributed by atoms with van der Waals surface area (Å²) in [6.07, 6.45) is 0. The Morgan fingerprint density at radius 2 is 1.86 bits per heavy atom. The third-order valence-electron chi connectivity index (χ3n) is 3.52. The van der Waals surface area contributed by atoms with Crippen molar-refractivity contribution in [1.82, 2.24) is 0 Å². The quantitative estimate of drug-likeness (QED) is 0.532. The van der Waals surface area contributed by atoms with Crippen molar-refractivity contribution in [3.05, 3.63) is 45.3 Å². The Balaban J connectivity index is 2.55. The van der Waals surface area contributed by atoms with Gasteiger partial charge in [0.15, 0.2) is 5.58 Å². The van der Waals surface area contributed by atoms with Gasteiger partial charge in [-0.2, -0.15) is 0 Å². The summed E-state index contributed by atoms with van der Waals surface area (Å²) in [6, 6.07) is 7.13. The lowest BCUT2D eigenvalue weighted by Gasteiger charge is -2.11. The van der Waals surface area contributed by atoms with E-state index >= 15 is 0 Å². The number of ether oxygens (including phenoxy) is 2. The summed E-state index contributed by atoms with van der Waals surface area (Å²) in [7, 11) is 3.08. The predicted octanol–water partition coefficient (Wildman–Crippen LogP) is 3.93. The fraction of sp³-hybridized carbons (Fsp3) is 0.188. The minimum atomic E-state index is -0.453. The Hall–Kier alpha value is -2.20. The van der Waals surface area contributed by atoms with Crippen molar-refractivity contribution in [3.63, 3.8) is 0 Å². The van der Waals surface area contributed by atoms with Crippen LogP contribution in [0.5, 0.6) is 11.5 Å². The molecule has 1 aromatic heterocycles. The number of fused-ring (bicyclic) bond motifs is 3. The first-order valence-electron chi connectivity index (χ1n) is 6.34. The standard InChI is InChI=1S/C16H13ClO4/c1-8-6-12(20-3)14(17)15-13(8)10-5-4-9(19-2)7-11(10)16(18)21-15/h4-7H,1-3H3. The molecule has 3 aromatic rings. The van der Waals surface area contributed by atoms with Crippen molar-refractivity contribution >= 4 is 33.3 Å². The molecule has 0 aliphatic rings. The molecule has 2 aromatic carbocycles. The van der Waals surface area contributed by atoms with Crippen molar-refractivity contribution in [1.29, 1.82) is 0 Å². The van der Waals surface area contributed by atoms with Crippen LogP contribution in [-0.4, -0.2) is 14.2 Å². The zero-order valence-corrected chi connectivity index (χ0v) is 12.6. The molecule has 5 heteroatoms. The third kappa shape index (κ3) is 2.03. The fourth-order valence-electron chi connectivity index (χ4n) is 2.50. The topological polar surface area (TPSA) is 48.7 Å². The number of hydrogen-bond acceptors (Lipinski definition) is 4. The Kier molecular flexibility index (Phi) is 3.26. The second-order valence-electron chi connectivity index (χ2n) is 4.71. The highest BCUT2D eigenvalue weighted by atomic mass is 35.5. The first-order valence-corrected chi connectivity index (χ1v) is 6.72. The molecule has 108 valence electrons. The maximum absolute atomic E-state index is 12.2. The Labute approximate surface area is 125 Å². The van der Waals surface area contributed by atoms with E-state index in [4.69, 9.17) is 25.5 Å². The minimum Gasteiger partial charge on any atom is -0.497 e. The molecule has 0 radical (unpaired) electrons. The van der Waals surface area contributed by atoms with Gasteiger partial charge in [-0.3, -0.25) is 0 Å². The van der Waals surface area contributed by atoms with E-state index in [0.29, 0.717) is 27.5 Å². The van der Waals surface area contributed by atoms with Gasteiger partial charge in [-0.05, 0) is 36.8 Å². The Bertz CT molecular complexity index is 912. The molecule has 0 atom stereocenters. The van der Waals surface area contributed by atoms with Gasteiger partial charge >= 0.3 is 5.63 Å². The zero-order chi connectivity index (χ0) is 15.1. The van der Waals surface area contributed by atoms with Gasteiger partial charge in [-0.1, -0.05) is 11.6 Å². The smallest absolute Gasteiger partial charge is 0.344 e. The summed E-state index contributed by atoms with van der Waals surface area (Å²) in [5.74, 6) is 1.09. The molecule has 21 heavy (non-hydrogen) atoms. The van der Waals surface area contributed by atoms with Gasteiger partial charge in [0.05, 0.1) is 19.6 Å². The minimum absolute atomic E-state index is 0.299. The van der Waals surface area contributed by atoms with E-state index in [1.165, 1.54) is 7.11 Å². The van der Waals surface area contributed by atoms with E-state index in [-0.39, 0.29) is 0 Å². The molecule has 0 aliphatic carbocycles. The lowest BCUT2D eigenvalue weighted by Crippen LogP contribution is -2.02.